The predicted octanol–water partition coefficient (Wildman–Crippen LogP) is 0.952. The normalized spacial score (nSPS) is 15.9. The minimum atomic E-state index is -0.127. The SMILES string of the molecule is COc1cc(CNC(=O)C2CCCN2)ccc1OCC(=O)N(C)C.Cl. The van der Waals surface area contributed by atoms with E-state index in [4.69, 9.17) is 9.47 Å². The second kappa shape index (κ2) is 10.1. The Bertz CT molecular complexity index is 589. The Morgan fingerprint density at radius 1 is 1.32 bits per heavy atom. The van der Waals surface area contributed by atoms with E-state index in [1.807, 2.05) is 6.07 Å². The van der Waals surface area contributed by atoms with Crippen LogP contribution in [0.25, 0.3) is 0 Å². The van der Waals surface area contributed by atoms with Gasteiger partial charge in [0.25, 0.3) is 5.91 Å². The Kier molecular flexibility index (Phi) is 8.51. The van der Waals surface area contributed by atoms with Gasteiger partial charge in [-0.05, 0) is 37.1 Å². The van der Waals surface area contributed by atoms with Crippen molar-refractivity contribution in [2.75, 3.05) is 34.4 Å². The summed E-state index contributed by atoms with van der Waals surface area (Å²) in [5.41, 5.74) is 0.907. The summed E-state index contributed by atoms with van der Waals surface area (Å²) < 4.78 is 10.8. The van der Waals surface area contributed by atoms with Crippen LogP contribution in [0, 0.1) is 0 Å². The van der Waals surface area contributed by atoms with Crippen molar-refractivity contribution in [3.63, 3.8) is 0 Å². The number of amides is 2. The summed E-state index contributed by atoms with van der Waals surface area (Å²) in [6.45, 7) is 1.26. The topological polar surface area (TPSA) is 79.9 Å². The molecule has 0 bridgehead atoms. The maximum atomic E-state index is 12.0. The minimum Gasteiger partial charge on any atom is -0.493 e. The van der Waals surface area contributed by atoms with Crippen molar-refractivity contribution in [1.29, 1.82) is 0 Å². The molecule has 1 heterocycles. The van der Waals surface area contributed by atoms with Crippen LogP contribution in [0.5, 0.6) is 11.5 Å². The first-order valence-corrected chi connectivity index (χ1v) is 8.02. The summed E-state index contributed by atoms with van der Waals surface area (Å²) in [5.74, 6) is 0.924. The van der Waals surface area contributed by atoms with Gasteiger partial charge in [0.15, 0.2) is 18.1 Å². The highest BCUT2D eigenvalue weighted by Crippen LogP contribution is 2.28. The standard InChI is InChI=1S/C17H25N3O4.ClH/c1-20(2)16(21)11-24-14-7-6-12(9-15(14)23-3)10-19-17(22)13-5-4-8-18-13;/h6-7,9,13,18H,4-5,8,10-11H2,1-3H3,(H,19,22);1H. The van der Waals surface area contributed by atoms with Crippen LogP contribution < -0.4 is 20.1 Å². The molecule has 1 aliphatic heterocycles. The fraction of sp³-hybridized carbons (Fsp3) is 0.529. The van der Waals surface area contributed by atoms with Gasteiger partial charge >= 0.3 is 0 Å². The van der Waals surface area contributed by atoms with Crippen LogP contribution in [0.3, 0.4) is 0 Å². The van der Waals surface area contributed by atoms with Crippen molar-refractivity contribution >= 4 is 24.2 Å². The minimum absolute atomic E-state index is 0. The first-order valence-electron chi connectivity index (χ1n) is 8.02. The number of carbonyl (C=O) groups excluding carboxylic acids is 2. The summed E-state index contributed by atoms with van der Waals surface area (Å²) in [6.07, 6.45) is 1.91. The number of rotatable bonds is 7. The maximum absolute atomic E-state index is 12.0. The van der Waals surface area contributed by atoms with Gasteiger partial charge in [-0.1, -0.05) is 6.07 Å². The van der Waals surface area contributed by atoms with E-state index in [0.29, 0.717) is 18.0 Å². The van der Waals surface area contributed by atoms with E-state index in [1.54, 1.807) is 33.3 Å². The Hall–Kier alpha value is -1.99. The molecule has 1 fully saturated rings. The average Bonchev–Trinajstić information content (AvgIpc) is 3.12. The number of benzene rings is 1. The number of hydrogen-bond donors (Lipinski definition) is 2. The van der Waals surface area contributed by atoms with Crippen molar-refractivity contribution in [1.82, 2.24) is 15.5 Å². The third-order valence-corrected chi connectivity index (χ3v) is 3.92. The molecule has 0 spiro atoms. The highest BCUT2D eigenvalue weighted by atomic mass is 35.5. The van der Waals surface area contributed by atoms with E-state index < -0.39 is 0 Å². The third kappa shape index (κ3) is 6.10. The molecule has 1 aromatic rings. The van der Waals surface area contributed by atoms with Gasteiger partial charge in [0.1, 0.15) is 0 Å². The Labute approximate surface area is 154 Å². The van der Waals surface area contributed by atoms with Crippen LogP contribution in [-0.2, 0) is 16.1 Å². The van der Waals surface area contributed by atoms with Gasteiger partial charge in [0, 0.05) is 20.6 Å². The summed E-state index contributed by atoms with van der Waals surface area (Å²) >= 11 is 0. The van der Waals surface area contributed by atoms with Gasteiger partial charge in [-0.3, -0.25) is 9.59 Å². The molecular formula is C17H26ClN3O4. The molecule has 1 saturated heterocycles. The summed E-state index contributed by atoms with van der Waals surface area (Å²) in [6, 6.07) is 5.31. The van der Waals surface area contributed by atoms with E-state index in [2.05, 4.69) is 10.6 Å². The van der Waals surface area contributed by atoms with Crippen LogP contribution in [0.2, 0.25) is 0 Å². The first kappa shape index (κ1) is 21.1. The first-order chi connectivity index (χ1) is 11.5. The number of halogens is 1. The van der Waals surface area contributed by atoms with Crippen LogP contribution in [0.4, 0.5) is 0 Å². The van der Waals surface area contributed by atoms with Crippen molar-refractivity contribution in [2.45, 2.75) is 25.4 Å². The van der Waals surface area contributed by atoms with Gasteiger partial charge in [-0.25, -0.2) is 0 Å². The maximum Gasteiger partial charge on any atom is 0.259 e. The van der Waals surface area contributed by atoms with E-state index in [9.17, 15) is 9.59 Å². The molecule has 1 aromatic carbocycles. The van der Waals surface area contributed by atoms with Gasteiger partial charge in [0.05, 0.1) is 13.2 Å². The number of ether oxygens (including phenoxy) is 2. The molecule has 8 heteroatoms. The molecule has 140 valence electrons. The van der Waals surface area contributed by atoms with Gasteiger partial charge in [-0.2, -0.15) is 0 Å². The van der Waals surface area contributed by atoms with Crippen LogP contribution in [0.1, 0.15) is 18.4 Å². The smallest absolute Gasteiger partial charge is 0.259 e. The number of likely N-dealkylation sites (N-methyl/N-ethyl adjacent to an activating group) is 1. The lowest BCUT2D eigenvalue weighted by molar-refractivity contribution is -0.130. The van der Waals surface area contributed by atoms with Crippen molar-refractivity contribution in [2.24, 2.45) is 0 Å². The number of nitrogens with zero attached hydrogens (tertiary/aromatic N) is 1. The Morgan fingerprint density at radius 3 is 2.68 bits per heavy atom. The molecule has 2 rings (SSSR count). The van der Waals surface area contributed by atoms with Crippen LogP contribution in [0.15, 0.2) is 18.2 Å². The van der Waals surface area contributed by atoms with Crippen molar-refractivity contribution in [3.05, 3.63) is 23.8 Å². The van der Waals surface area contributed by atoms with E-state index in [1.165, 1.54) is 4.90 Å². The molecule has 2 amide bonds. The molecule has 0 aliphatic carbocycles. The summed E-state index contributed by atoms with van der Waals surface area (Å²) in [4.78, 5) is 25.1. The predicted molar refractivity (Wildman–Crippen MR) is 97.3 cm³/mol. The molecule has 1 atom stereocenters. The Morgan fingerprint density at radius 2 is 2.08 bits per heavy atom. The molecule has 1 aliphatic rings. The second-order valence-corrected chi connectivity index (χ2v) is 5.93. The third-order valence-electron chi connectivity index (χ3n) is 3.92. The lowest BCUT2D eigenvalue weighted by atomic mass is 10.1. The van der Waals surface area contributed by atoms with Gasteiger partial charge < -0.3 is 25.0 Å². The van der Waals surface area contributed by atoms with Crippen LogP contribution >= 0.6 is 12.4 Å². The Balaban J connectivity index is 0.00000312. The zero-order valence-electron chi connectivity index (χ0n) is 14.8. The molecule has 1 unspecified atom stereocenters. The zero-order valence-corrected chi connectivity index (χ0v) is 15.6. The fourth-order valence-corrected chi connectivity index (χ4v) is 2.43. The van der Waals surface area contributed by atoms with Crippen molar-refractivity contribution < 1.29 is 19.1 Å². The largest absolute Gasteiger partial charge is 0.493 e. The lowest BCUT2D eigenvalue weighted by Gasteiger charge is -2.15. The molecular weight excluding hydrogens is 346 g/mol. The van der Waals surface area contributed by atoms with E-state index >= 15 is 0 Å². The second-order valence-electron chi connectivity index (χ2n) is 5.93. The summed E-state index contributed by atoms with van der Waals surface area (Å²) in [5, 5.41) is 6.09. The van der Waals surface area contributed by atoms with Crippen LogP contribution in [-0.4, -0.2) is 57.1 Å². The van der Waals surface area contributed by atoms with E-state index in [0.717, 1.165) is 24.9 Å². The molecule has 25 heavy (non-hydrogen) atoms. The van der Waals surface area contributed by atoms with Gasteiger partial charge in [-0.15, -0.1) is 12.4 Å². The highest BCUT2D eigenvalue weighted by molar-refractivity contribution is 5.85. The summed E-state index contributed by atoms with van der Waals surface area (Å²) in [7, 11) is 4.89. The molecule has 0 saturated carbocycles. The number of nitrogens with one attached hydrogen (secondary N) is 2. The molecule has 7 nitrogen and oxygen atoms in total. The van der Waals surface area contributed by atoms with Gasteiger partial charge in [0.2, 0.25) is 5.91 Å². The quantitative estimate of drug-likeness (QED) is 0.746. The van der Waals surface area contributed by atoms with Crippen molar-refractivity contribution in [3.8, 4) is 11.5 Å². The molecule has 2 N–H and O–H groups in total. The van der Waals surface area contributed by atoms with E-state index in [-0.39, 0.29) is 36.9 Å². The number of methoxy groups -OCH3 is 1. The molecule has 0 radical (unpaired) electrons. The fourth-order valence-electron chi connectivity index (χ4n) is 2.43. The number of hydrogen-bond acceptors (Lipinski definition) is 5. The highest BCUT2D eigenvalue weighted by Gasteiger charge is 2.21. The average molecular weight is 372 g/mol. The lowest BCUT2D eigenvalue weighted by Crippen LogP contribution is -2.39. The number of carbonyl (C=O) groups is 2. The monoisotopic (exact) mass is 371 g/mol. The zero-order chi connectivity index (χ0) is 17.5. The molecule has 0 aromatic heterocycles.